The zero-order valence-corrected chi connectivity index (χ0v) is 28.2. The molecule has 0 radical (unpaired) electrons. The molecule has 7 heteroatoms. The summed E-state index contributed by atoms with van der Waals surface area (Å²) in [6, 6.07) is 0. The minimum absolute atomic E-state index is 0.00121. The molecular formula is C36H58O7. The Morgan fingerprint density at radius 3 is 2.26 bits per heavy atom. The van der Waals surface area contributed by atoms with E-state index >= 15 is 0 Å². The molecule has 0 aromatic carbocycles. The van der Waals surface area contributed by atoms with Crippen molar-refractivity contribution in [2.45, 2.75) is 138 Å². The molecule has 0 aromatic heterocycles. The average Bonchev–Trinajstić information content (AvgIpc) is 3.29. The van der Waals surface area contributed by atoms with E-state index in [1.807, 2.05) is 13.8 Å². The van der Waals surface area contributed by atoms with Crippen LogP contribution in [0.25, 0.3) is 0 Å². The van der Waals surface area contributed by atoms with Crippen LogP contribution in [-0.4, -0.2) is 59.3 Å². The molecule has 1 saturated heterocycles. The molecule has 6 rings (SSSR count). The van der Waals surface area contributed by atoms with Crippen LogP contribution in [0.15, 0.2) is 0 Å². The summed E-state index contributed by atoms with van der Waals surface area (Å²) in [6.45, 7) is 19.9. The lowest BCUT2D eigenvalue weighted by molar-refractivity contribution is -0.187. The monoisotopic (exact) mass is 602 g/mol. The molecular weight excluding hydrogens is 544 g/mol. The summed E-state index contributed by atoms with van der Waals surface area (Å²) in [5.74, 6) is 1.38. The van der Waals surface area contributed by atoms with E-state index in [4.69, 9.17) is 14.2 Å². The SMILES string of the molecule is CC(=O)OCC(C1C[C@@H](C)C2C(C[C@@]3(C)[C@@H]4CCC5C(C)(C)C(OCC(=O)O)CC[C@@]56[C@@H](C)[C@@]46CC[C@]23C)O1)C(C)(C)O. The number of aliphatic carboxylic acids is 1. The molecule has 0 amide bonds. The van der Waals surface area contributed by atoms with Crippen LogP contribution in [0.4, 0.5) is 0 Å². The fourth-order valence-corrected chi connectivity index (χ4v) is 13.8. The van der Waals surface area contributed by atoms with Crippen molar-refractivity contribution in [3.63, 3.8) is 0 Å². The summed E-state index contributed by atoms with van der Waals surface area (Å²) in [4.78, 5) is 23.0. The van der Waals surface area contributed by atoms with Crippen molar-refractivity contribution in [2.24, 2.45) is 62.6 Å². The average molecular weight is 603 g/mol. The lowest BCUT2D eigenvalue weighted by Crippen LogP contribution is -2.58. The largest absolute Gasteiger partial charge is 0.480 e. The Bertz CT molecular complexity index is 1140. The van der Waals surface area contributed by atoms with Crippen molar-refractivity contribution in [2.75, 3.05) is 13.2 Å². The highest BCUT2D eigenvalue weighted by Crippen LogP contribution is 2.91. The second-order valence-corrected chi connectivity index (χ2v) is 17.6. The third-order valence-corrected chi connectivity index (χ3v) is 15.6. The normalized spacial score (nSPS) is 50.3. The van der Waals surface area contributed by atoms with E-state index in [1.165, 1.54) is 32.6 Å². The van der Waals surface area contributed by atoms with Crippen molar-refractivity contribution in [3.05, 3.63) is 0 Å². The number of ether oxygens (including phenoxy) is 3. The number of rotatable bonds is 7. The highest BCUT2D eigenvalue weighted by Gasteiger charge is 2.86. The van der Waals surface area contributed by atoms with E-state index in [1.54, 1.807) is 0 Å². The number of hydrogen-bond acceptors (Lipinski definition) is 6. The quantitative estimate of drug-likeness (QED) is 0.321. The Hall–Kier alpha value is -1.18. The van der Waals surface area contributed by atoms with E-state index in [0.29, 0.717) is 40.4 Å². The standard InChI is InChI=1S/C36H58O7/c1-20-16-24(23(32(6,7)40)18-41-22(3)37)43-25-17-34(9)27-11-10-26-31(4,5)28(42-19-29(38)39)12-13-35(26)21(2)36(27,35)15-14-33(34,8)30(20)25/h20-21,23-28,30,40H,10-19H2,1-9H3,(H,38,39)/t20-,21-,23?,24?,25?,26?,27+,28?,30?,33-,34+,35-,36+/m1/s1. The fraction of sp³-hybridized carbons (Fsp3) is 0.944. The Kier molecular flexibility index (Phi) is 7.33. The molecule has 5 aliphatic carbocycles. The third kappa shape index (κ3) is 4.15. The summed E-state index contributed by atoms with van der Waals surface area (Å²) >= 11 is 0. The van der Waals surface area contributed by atoms with Crippen LogP contribution in [0.2, 0.25) is 0 Å². The van der Waals surface area contributed by atoms with E-state index in [9.17, 15) is 19.8 Å². The van der Waals surface area contributed by atoms with Gasteiger partial charge >= 0.3 is 11.9 Å². The number of aliphatic hydroxyl groups is 1. The molecule has 43 heavy (non-hydrogen) atoms. The Balaban J connectivity index is 1.28. The first-order chi connectivity index (χ1) is 19.9. The maximum Gasteiger partial charge on any atom is 0.329 e. The van der Waals surface area contributed by atoms with Gasteiger partial charge in [0, 0.05) is 12.8 Å². The minimum Gasteiger partial charge on any atom is -0.480 e. The zero-order valence-electron chi connectivity index (χ0n) is 28.2. The molecule has 2 N–H and O–H groups in total. The molecule has 0 aromatic rings. The second-order valence-electron chi connectivity index (χ2n) is 17.6. The lowest BCUT2D eigenvalue weighted by atomic mass is 9.41. The van der Waals surface area contributed by atoms with Crippen LogP contribution in [0.3, 0.4) is 0 Å². The minimum atomic E-state index is -1.01. The predicted octanol–water partition coefficient (Wildman–Crippen LogP) is 6.50. The van der Waals surface area contributed by atoms with Crippen molar-refractivity contribution in [3.8, 4) is 0 Å². The first-order valence-electron chi connectivity index (χ1n) is 17.2. The van der Waals surface area contributed by atoms with Gasteiger partial charge in [0.2, 0.25) is 0 Å². The van der Waals surface area contributed by atoms with Gasteiger partial charge in [-0.1, -0.05) is 41.5 Å². The van der Waals surface area contributed by atoms with Crippen LogP contribution < -0.4 is 0 Å². The fourth-order valence-electron chi connectivity index (χ4n) is 13.8. The summed E-state index contributed by atoms with van der Waals surface area (Å²) in [7, 11) is 0. The molecule has 6 unspecified atom stereocenters. The lowest BCUT2D eigenvalue weighted by Gasteiger charge is -2.63. The van der Waals surface area contributed by atoms with Crippen LogP contribution in [-0.2, 0) is 23.8 Å². The molecule has 1 heterocycles. The summed E-state index contributed by atoms with van der Waals surface area (Å²) in [5, 5.41) is 20.4. The topological polar surface area (TPSA) is 102 Å². The van der Waals surface area contributed by atoms with Gasteiger partial charge < -0.3 is 24.4 Å². The highest BCUT2D eigenvalue weighted by molar-refractivity contribution is 5.68. The second kappa shape index (κ2) is 9.91. The van der Waals surface area contributed by atoms with Crippen LogP contribution >= 0.6 is 0 Å². The van der Waals surface area contributed by atoms with Gasteiger partial charge in [-0.3, -0.25) is 4.79 Å². The number of carboxylic acid groups (broad SMARTS) is 1. The van der Waals surface area contributed by atoms with Gasteiger partial charge in [0.15, 0.2) is 0 Å². The van der Waals surface area contributed by atoms with Crippen LogP contribution in [0.5, 0.6) is 0 Å². The number of carbonyl (C=O) groups is 2. The Labute approximate surface area is 259 Å². The molecule has 244 valence electrons. The molecule has 13 atom stereocenters. The maximum atomic E-state index is 11.7. The van der Waals surface area contributed by atoms with Crippen molar-refractivity contribution >= 4 is 11.9 Å². The van der Waals surface area contributed by atoms with E-state index in [2.05, 4.69) is 41.5 Å². The number of carboxylic acids is 1. The first kappa shape index (κ1) is 31.8. The molecule has 0 bridgehead atoms. The van der Waals surface area contributed by atoms with Crippen LogP contribution in [0, 0.1) is 62.6 Å². The van der Waals surface area contributed by atoms with Crippen LogP contribution in [0.1, 0.15) is 114 Å². The van der Waals surface area contributed by atoms with Gasteiger partial charge in [0.1, 0.15) is 6.61 Å². The Morgan fingerprint density at radius 1 is 0.977 bits per heavy atom. The number of carbonyl (C=O) groups excluding carboxylic acids is 1. The van der Waals surface area contributed by atoms with E-state index < -0.39 is 11.6 Å². The molecule has 1 aliphatic heterocycles. The van der Waals surface area contributed by atoms with Crippen molar-refractivity contribution in [1.29, 1.82) is 0 Å². The van der Waals surface area contributed by atoms with Gasteiger partial charge in [0.25, 0.3) is 0 Å². The Morgan fingerprint density at radius 2 is 1.63 bits per heavy atom. The number of esters is 1. The third-order valence-electron chi connectivity index (χ3n) is 15.6. The predicted molar refractivity (Wildman–Crippen MR) is 163 cm³/mol. The molecule has 5 saturated carbocycles. The van der Waals surface area contributed by atoms with E-state index in [0.717, 1.165) is 25.7 Å². The number of fused-ring (bicyclic) bond motifs is 4. The van der Waals surface area contributed by atoms with E-state index in [-0.39, 0.29) is 59.7 Å². The summed E-state index contributed by atoms with van der Waals surface area (Å²) in [6.07, 6.45) is 9.02. The van der Waals surface area contributed by atoms with Gasteiger partial charge in [-0.05, 0) is 122 Å². The smallest absolute Gasteiger partial charge is 0.329 e. The van der Waals surface area contributed by atoms with Gasteiger partial charge in [-0.2, -0.15) is 0 Å². The first-order valence-corrected chi connectivity index (χ1v) is 17.2. The molecule has 6 aliphatic rings. The zero-order chi connectivity index (χ0) is 31.5. The van der Waals surface area contributed by atoms with Gasteiger partial charge in [-0.15, -0.1) is 0 Å². The summed E-state index contributed by atoms with van der Waals surface area (Å²) < 4.78 is 18.6. The van der Waals surface area contributed by atoms with Crippen molar-refractivity contribution in [1.82, 2.24) is 0 Å². The van der Waals surface area contributed by atoms with Gasteiger partial charge in [0.05, 0.1) is 30.5 Å². The highest BCUT2D eigenvalue weighted by atomic mass is 16.5. The number of hydrogen-bond donors (Lipinski definition) is 2. The molecule has 2 spiro atoms. The van der Waals surface area contributed by atoms with Gasteiger partial charge in [-0.25, -0.2) is 4.79 Å². The summed E-state index contributed by atoms with van der Waals surface area (Å²) in [5.41, 5.74) is -0.00432. The maximum absolute atomic E-state index is 11.7. The van der Waals surface area contributed by atoms with Crippen molar-refractivity contribution < 1.29 is 34.0 Å². The molecule has 6 fully saturated rings. The molecule has 7 nitrogen and oxygen atoms in total.